The van der Waals surface area contributed by atoms with Gasteiger partial charge in [0.25, 0.3) is 5.69 Å². The van der Waals surface area contributed by atoms with Crippen LogP contribution in [0.2, 0.25) is 0 Å². The lowest BCUT2D eigenvalue weighted by molar-refractivity contribution is -0.384. The fourth-order valence-corrected chi connectivity index (χ4v) is 3.60. The number of alkyl carbamates (subject to hydrolysis) is 1. The van der Waals surface area contributed by atoms with Gasteiger partial charge in [-0.05, 0) is 37.5 Å². The number of benzene rings is 3. The first-order chi connectivity index (χ1) is 18.5. The van der Waals surface area contributed by atoms with E-state index in [-0.39, 0.29) is 24.5 Å². The Morgan fingerprint density at radius 1 is 0.795 bits per heavy atom. The van der Waals surface area contributed by atoms with Gasteiger partial charge in [0.15, 0.2) is 5.92 Å². The average molecular weight is 535 g/mol. The summed E-state index contributed by atoms with van der Waals surface area (Å²) in [6.45, 7) is 4.73. The van der Waals surface area contributed by atoms with Gasteiger partial charge >= 0.3 is 18.0 Å². The molecule has 1 N–H and O–H groups in total. The molecule has 1 amide bonds. The number of hydrogen-bond donors (Lipinski definition) is 1. The van der Waals surface area contributed by atoms with Crippen LogP contribution in [0.4, 0.5) is 10.5 Å². The maximum atomic E-state index is 13.4. The van der Waals surface area contributed by atoms with Crippen LogP contribution in [-0.4, -0.2) is 28.6 Å². The first-order valence-corrected chi connectivity index (χ1v) is 12.2. The van der Waals surface area contributed by atoms with Gasteiger partial charge in [0.1, 0.15) is 18.8 Å². The van der Waals surface area contributed by atoms with Crippen LogP contribution < -0.4 is 5.32 Å². The standard InChI is InChI=1S/C29H30N2O8/c1-29(2,3)39-28(34)30-25(22-14-16-23(17-15-22)31(35)36)24(26(32)37-18-20-10-6-4-7-11-20)27(33)38-19-21-12-8-5-9-13-21/h4-17,24-25H,18-19H2,1-3H3,(H,30,34)/t25-/m1/s1. The highest BCUT2D eigenvalue weighted by Crippen LogP contribution is 2.28. The molecule has 10 nitrogen and oxygen atoms in total. The Bertz CT molecular complexity index is 1220. The molecule has 204 valence electrons. The topological polar surface area (TPSA) is 134 Å². The van der Waals surface area contributed by atoms with Gasteiger partial charge in [-0.1, -0.05) is 72.8 Å². The predicted octanol–water partition coefficient (Wildman–Crippen LogP) is 5.26. The average Bonchev–Trinajstić information content (AvgIpc) is 2.90. The van der Waals surface area contributed by atoms with Gasteiger partial charge in [-0.3, -0.25) is 19.7 Å². The lowest BCUT2D eigenvalue weighted by Crippen LogP contribution is -2.43. The summed E-state index contributed by atoms with van der Waals surface area (Å²) in [7, 11) is 0. The van der Waals surface area contributed by atoms with Crippen LogP contribution in [0.1, 0.15) is 43.5 Å². The highest BCUT2D eigenvalue weighted by Gasteiger charge is 2.40. The molecule has 0 spiro atoms. The summed E-state index contributed by atoms with van der Waals surface area (Å²) in [6.07, 6.45) is -0.900. The van der Waals surface area contributed by atoms with Crippen molar-refractivity contribution in [3.05, 3.63) is 112 Å². The largest absolute Gasteiger partial charge is 0.460 e. The van der Waals surface area contributed by atoms with Crippen LogP contribution in [0.15, 0.2) is 84.9 Å². The van der Waals surface area contributed by atoms with Crippen LogP contribution in [-0.2, 0) is 37.0 Å². The molecule has 3 rings (SSSR count). The van der Waals surface area contributed by atoms with Crippen LogP contribution in [0.5, 0.6) is 0 Å². The normalized spacial score (nSPS) is 11.8. The van der Waals surface area contributed by atoms with Gasteiger partial charge in [0.2, 0.25) is 0 Å². The molecule has 0 aliphatic heterocycles. The molecule has 0 unspecified atom stereocenters. The van der Waals surface area contributed by atoms with Crippen molar-refractivity contribution in [1.29, 1.82) is 0 Å². The fourth-order valence-electron chi connectivity index (χ4n) is 3.60. The Morgan fingerprint density at radius 2 is 1.26 bits per heavy atom. The third-order valence-corrected chi connectivity index (χ3v) is 5.42. The van der Waals surface area contributed by atoms with Gasteiger partial charge in [-0.2, -0.15) is 0 Å². The highest BCUT2D eigenvalue weighted by atomic mass is 16.6. The van der Waals surface area contributed by atoms with Gasteiger partial charge < -0.3 is 19.5 Å². The van der Waals surface area contributed by atoms with Crippen LogP contribution in [0.3, 0.4) is 0 Å². The zero-order valence-electron chi connectivity index (χ0n) is 21.9. The predicted molar refractivity (Wildman–Crippen MR) is 141 cm³/mol. The van der Waals surface area contributed by atoms with E-state index in [2.05, 4.69) is 5.32 Å². The van der Waals surface area contributed by atoms with E-state index in [1.807, 2.05) is 12.1 Å². The minimum atomic E-state index is -1.65. The number of hydrogen-bond acceptors (Lipinski definition) is 8. The van der Waals surface area contributed by atoms with Crippen molar-refractivity contribution in [2.24, 2.45) is 5.92 Å². The molecule has 0 fully saturated rings. The van der Waals surface area contributed by atoms with Gasteiger partial charge in [0, 0.05) is 12.1 Å². The van der Waals surface area contributed by atoms with Crippen molar-refractivity contribution < 1.29 is 33.5 Å². The number of ether oxygens (including phenoxy) is 3. The summed E-state index contributed by atoms with van der Waals surface area (Å²) in [5.41, 5.74) is 0.541. The number of amides is 1. The Kier molecular flexibility index (Phi) is 9.75. The Labute approximate surface area is 226 Å². The van der Waals surface area contributed by atoms with E-state index in [9.17, 15) is 24.5 Å². The van der Waals surface area contributed by atoms with Crippen LogP contribution in [0, 0.1) is 16.0 Å². The van der Waals surface area contributed by atoms with Crippen molar-refractivity contribution in [3.8, 4) is 0 Å². The smallest absolute Gasteiger partial charge is 0.408 e. The second kappa shape index (κ2) is 13.2. The molecular weight excluding hydrogens is 504 g/mol. The number of nitro benzene ring substituents is 1. The minimum Gasteiger partial charge on any atom is -0.460 e. The van der Waals surface area contributed by atoms with E-state index in [1.54, 1.807) is 69.3 Å². The van der Waals surface area contributed by atoms with Crippen molar-refractivity contribution in [3.63, 3.8) is 0 Å². The van der Waals surface area contributed by atoms with E-state index in [0.29, 0.717) is 11.1 Å². The van der Waals surface area contributed by atoms with E-state index in [0.717, 1.165) is 0 Å². The van der Waals surface area contributed by atoms with E-state index < -0.39 is 40.5 Å². The van der Waals surface area contributed by atoms with Crippen LogP contribution in [0.25, 0.3) is 0 Å². The second-order valence-electron chi connectivity index (χ2n) is 9.64. The summed E-state index contributed by atoms with van der Waals surface area (Å²) >= 11 is 0. The van der Waals surface area contributed by atoms with Crippen LogP contribution >= 0.6 is 0 Å². The number of rotatable bonds is 10. The van der Waals surface area contributed by atoms with Crippen molar-refractivity contribution in [1.82, 2.24) is 5.32 Å². The minimum absolute atomic E-state index is 0.123. The maximum Gasteiger partial charge on any atom is 0.408 e. The van der Waals surface area contributed by atoms with Gasteiger partial charge in [0.05, 0.1) is 11.0 Å². The molecule has 0 bridgehead atoms. The molecule has 39 heavy (non-hydrogen) atoms. The van der Waals surface area contributed by atoms with E-state index >= 15 is 0 Å². The molecule has 0 saturated heterocycles. The van der Waals surface area contributed by atoms with E-state index in [1.165, 1.54) is 24.3 Å². The number of nitro groups is 1. The molecule has 10 heteroatoms. The molecule has 0 aliphatic rings. The first kappa shape index (κ1) is 28.8. The Morgan fingerprint density at radius 3 is 1.67 bits per heavy atom. The molecule has 0 aliphatic carbocycles. The van der Waals surface area contributed by atoms with Gasteiger partial charge in [-0.25, -0.2) is 4.79 Å². The first-order valence-electron chi connectivity index (χ1n) is 12.2. The number of nitrogens with zero attached hydrogens (tertiary/aromatic N) is 1. The number of non-ortho nitro benzene ring substituents is 1. The quantitative estimate of drug-likeness (QED) is 0.122. The summed E-state index contributed by atoms with van der Waals surface area (Å²) in [6, 6.07) is 21.5. The zero-order valence-corrected chi connectivity index (χ0v) is 21.9. The van der Waals surface area contributed by atoms with Gasteiger partial charge in [-0.15, -0.1) is 0 Å². The molecular formula is C29H30N2O8. The number of carbonyl (C=O) groups is 3. The molecule has 0 radical (unpaired) electrons. The SMILES string of the molecule is CC(C)(C)OC(=O)N[C@H](c1ccc([N+](=O)[O-])cc1)C(C(=O)OCc1ccccc1)C(=O)OCc1ccccc1. The third kappa shape index (κ3) is 8.96. The number of nitrogens with one attached hydrogen (secondary N) is 1. The Balaban J connectivity index is 1.95. The fraction of sp³-hybridized carbons (Fsp3) is 0.276. The monoisotopic (exact) mass is 534 g/mol. The lowest BCUT2D eigenvalue weighted by Gasteiger charge is -2.27. The highest BCUT2D eigenvalue weighted by molar-refractivity contribution is 5.96. The number of carbonyl (C=O) groups excluding carboxylic acids is 3. The molecule has 0 saturated carbocycles. The molecule has 1 atom stereocenters. The second-order valence-corrected chi connectivity index (χ2v) is 9.64. The maximum absolute atomic E-state index is 13.4. The zero-order chi connectivity index (χ0) is 28.4. The molecule has 0 heterocycles. The summed E-state index contributed by atoms with van der Waals surface area (Å²) in [4.78, 5) is 50.2. The van der Waals surface area contributed by atoms with Crippen molar-refractivity contribution in [2.75, 3.05) is 0 Å². The Hall–Kier alpha value is -4.73. The lowest BCUT2D eigenvalue weighted by atomic mass is 9.92. The summed E-state index contributed by atoms with van der Waals surface area (Å²) in [5, 5.41) is 13.7. The van der Waals surface area contributed by atoms with Crippen molar-refractivity contribution in [2.45, 2.75) is 45.6 Å². The summed E-state index contributed by atoms with van der Waals surface area (Å²) in [5.74, 6) is -3.54. The molecule has 3 aromatic rings. The summed E-state index contributed by atoms with van der Waals surface area (Å²) < 4.78 is 16.3. The molecule has 0 aromatic heterocycles. The van der Waals surface area contributed by atoms with Crippen molar-refractivity contribution >= 4 is 23.7 Å². The van der Waals surface area contributed by atoms with E-state index in [4.69, 9.17) is 14.2 Å². The molecule has 3 aromatic carbocycles. The third-order valence-electron chi connectivity index (χ3n) is 5.42. The number of esters is 2.